The average Bonchev–Trinajstić information content (AvgIpc) is 2.65. The molecular formula is C24H37N3O2. The largest absolute Gasteiger partial charge is 0.379 e. The third-order valence-electron chi connectivity index (χ3n) is 6.46. The fourth-order valence-corrected chi connectivity index (χ4v) is 4.25. The number of ether oxygens (including phenoxy) is 1. The molecule has 2 saturated heterocycles. The highest BCUT2D eigenvalue weighted by Gasteiger charge is 2.31. The number of rotatable bonds is 9. The molecule has 0 spiro atoms. The molecule has 0 radical (unpaired) electrons. The minimum absolute atomic E-state index is 0.184. The molecule has 0 aromatic carbocycles. The van der Waals surface area contributed by atoms with E-state index >= 15 is 0 Å². The normalized spacial score (nSPS) is 24.1. The van der Waals surface area contributed by atoms with Crippen LogP contribution in [0.5, 0.6) is 0 Å². The fraction of sp³-hybridized carbons (Fsp3) is 0.625. The molecule has 0 aromatic rings. The summed E-state index contributed by atoms with van der Waals surface area (Å²) in [5, 5.41) is 0. The number of carbonyl (C=O) groups is 1. The first kappa shape index (κ1) is 21.8. The molecule has 0 amide bonds. The van der Waals surface area contributed by atoms with Crippen LogP contribution in [0.25, 0.3) is 0 Å². The number of carbonyl (C=O) groups excluding carboxylic acids is 1. The second-order valence-electron chi connectivity index (χ2n) is 8.37. The zero-order valence-corrected chi connectivity index (χ0v) is 18.4. The van der Waals surface area contributed by atoms with E-state index in [9.17, 15) is 4.79 Å². The lowest BCUT2D eigenvalue weighted by Crippen LogP contribution is -2.51. The van der Waals surface area contributed by atoms with Crippen LogP contribution in [-0.2, 0) is 9.53 Å². The summed E-state index contributed by atoms with van der Waals surface area (Å²) in [4.78, 5) is 18.6. The van der Waals surface area contributed by atoms with Crippen molar-refractivity contribution in [2.75, 3.05) is 39.8 Å². The van der Waals surface area contributed by atoms with Crippen molar-refractivity contribution in [3.05, 3.63) is 47.5 Å². The molecule has 1 unspecified atom stereocenters. The number of aldehydes is 1. The second kappa shape index (κ2) is 10.3. The molecule has 2 aliphatic heterocycles. The van der Waals surface area contributed by atoms with Gasteiger partial charge < -0.3 is 14.5 Å². The summed E-state index contributed by atoms with van der Waals surface area (Å²) in [6, 6.07) is 0.184. The van der Waals surface area contributed by atoms with Gasteiger partial charge in [0.1, 0.15) is 0 Å². The molecule has 1 aliphatic carbocycles. The second-order valence-corrected chi connectivity index (χ2v) is 8.37. The van der Waals surface area contributed by atoms with Crippen molar-refractivity contribution in [2.45, 2.75) is 58.1 Å². The highest BCUT2D eigenvalue weighted by molar-refractivity contribution is 5.73. The zero-order chi connectivity index (χ0) is 20.8. The molecule has 3 aliphatic rings. The number of nitrogens with zero attached hydrogens (tertiary/aromatic N) is 3. The smallest absolute Gasteiger partial charge is 0.166 e. The lowest BCUT2D eigenvalue weighted by atomic mass is 9.89. The molecule has 0 bridgehead atoms. The van der Waals surface area contributed by atoms with E-state index in [1.165, 1.54) is 25.0 Å². The number of piperazine rings is 1. The van der Waals surface area contributed by atoms with Gasteiger partial charge >= 0.3 is 0 Å². The topological polar surface area (TPSA) is 36.0 Å². The number of likely N-dealkylation sites (tertiary alicyclic amines) is 1. The number of allylic oxidation sites excluding steroid dienone is 4. The van der Waals surface area contributed by atoms with Gasteiger partial charge in [0.2, 0.25) is 0 Å². The fourth-order valence-electron chi connectivity index (χ4n) is 4.25. The Kier molecular flexibility index (Phi) is 7.73. The van der Waals surface area contributed by atoms with E-state index in [4.69, 9.17) is 4.74 Å². The molecule has 3 rings (SSSR count). The van der Waals surface area contributed by atoms with Crippen molar-refractivity contribution in [1.82, 2.24) is 14.7 Å². The molecule has 5 nitrogen and oxygen atoms in total. The summed E-state index contributed by atoms with van der Waals surface area (Å²) >= 11 is 0. The Labute approximate surface area is 176 Å². The molecule has 1 saturated carbocycles. The molecule has 1 atom stereocenters. The summed E-state index contributed by atoms with van der Waals surface area (Å²) in [6.45, 7) is 13.4. The number of hydrogen-bond donors (Lipinski definition) is 0. The minimum Gasteiger partial charge on any atom is -0.379 e. The predicted octanol–water partition coefficient (Wildman–Crippen LogP) is 3.71. The molecule has 29 heavy (non-hydrogen) atoms. The molecular weight excluding hydrogens is 362 g/mol. The van der Waals surface area contributed by atoms with Gasteiger partial charge in [0, 0.05) is 51.2 Å². The Balaban J connectivity index is 1.67. The molecule has 0 aromatic heterocycles. The Hall–Kier alpha value is -1.85. The summed E-state index contributed by atoms with van der Waals surface area (Å²) in [5.41, 5.74) is 4.72. The van der Waals surface area contributed by atoms with Crippen LogP contribution in [0.2, 0.25) is 0 Å². The summed E-state index contributed by atoms with van der Waals surface area (Å²) < 4.78 is 5.37. The first-order valence-electron chi connectivity index (χ1n) is 11.1. The summed E-state index contributed by atoms with van der Waals surface area (Å²) in [6.07, 6.45) is 13.7. The number of hydrogen-bond acceptors (Lipinski definition) is 5. The lowest BCUT2D eigenvalue weighted by molar-refractivity contribution is -0.106. The molecule has 5 heteroatoms. The van der Waals surface area contributed by atoms with Gasteiger partial charge in [-0.05, 0) is 44.3 Å². The quantitative estimate of drug-likeness (QED) is 0.436. The lowest BCUT2D eigenvalue weighted by Gasteiger charge is -2.45. The monoisotopic (exact) mass is 399 g/mol. The van der Waals surface area contributed by atoms with Gasteiger partial charge in [-0.15, -0.1) is 0 Å². The van der Waals surface area contributed by atoms with Crippen molar-refractivity contribution in [1.29, 1.82) is 0 Å². The van der Waals surface area contributed by atoms with Crippen molar-refractivity contribution in [3.8, 4) is 0 Å². The van der Waals surface area contributed by atoms with Crippen LogP contribution >= 0.6 is 0 Å². The SMILES string of the molecule is C=C1C(C)N(C(/C=C/CN2CC(OC)C2)=C2CCC2)CCN1/C(C=O)=C\CCC. The van der Waals surface area contributed by atoms with E-state index < -0.39 is 0 Å². The van der Waals surface area contributed by atoms with Gasteiger partial charge in [-0.25, -0.2) is 0 Å². The van der Waals surface area contributed by atoms with E-state index in [1.54, 1.807) is 12.7 Å². The Bertz CT molecular complexity index is 682. The van der Waals surface area contributed by atoms with Crippen LogP contribution in [0.15, 0.2) is 47.5 Å². The first-order chi connectivity index (χ1) is 14.1. The van der Waals surface area contributed by atoms with Gasteiger partial charge in [-0.2, -0.15) is 0 Å². The maximum atomic E-state index is 11.6. The third kappa shape index (κ3) is 5.01. The molecule has 160 valence electrons. The van der Waals surface area contributed by atoms with Crippen LogP contribution in [0.1, 0.15) is 46.0 Å². The third-order valence-corrected chi connectivity index (χ3v) is 6.46. The molecule has 0 N–H and O–H groups in total. The van der Waals surface area contributed by atoms with E-state index in [2.05, 4.69) is 47.3 Å². The molecule has 3 fully saturated rings. The highest BCUT2D eigenvalue weighted by Crippen LogP contribution is 2.35. The van der Waals surface area contributed by atoms with Gasteiger partial charge in [0.25, 0.3) is 0 Å². The van der Waals surface area contributed by atoms with Gasteiger partial charge in [0.05, 0.1) is 17.8 Å². The van der Waals surface area contributed by atoms with Gasteiger partial charge in [-0.1, -0.05) is 32.1 Å². The standard InChI is InChI=1S/C24H37N3O2/c1-5-6-11-22(18-28)26-14-15-27(20(3)19(26)2)24(21-9-7-10-21)12-8-13-25-16-23(17-25)29-4/h8,11-12,18,20,23H,2,5-7,9-10,13-17H2,1,3-4H3/b12-8+,22-11-. The van der Waals surface area contributed by atoms with E-state index in [0.717, 1.165) is 63.2 Å². The Morgan fingerprint density at radius 3 is 2.62 bits per heavy atom. The zero-order valence-electron chi connectivity index (χ0n) is 18.4. The van der Waals surface area contributed by atoms with Crippen LogP contribution < -0.4 is 0 Å². The van der Waals surface area contributed by atoms with Crippen LogP contribution in [0.3, 0.4) is 0 Å². The van der Waals surface area contributed by atoms with Crippen LogP contribution in [0, 0.1) is 0 Å². The van der Waals surface area contributed by atoms with Crippen molar-refractivity contribution >= 4 is 6.29 Å². The summed E-state index contributed by atoms with van der Waals surface area (Å²) in [5.74, 6) is 0. The number of unbranched alkanes of at least 4 members (excludes halogenated alkanes) is 1. The molecule has 2 heterocycles. The Morgan fingerprint density at radius 1 is 1.28 bits per heavy atom. The van der Waals surface area contributed by atoms with Crippen molar-refractivity contribution in [2.24, 2.45) is 0 Å². The van der Waals surface area contributed by atoms with E-state index in [-0.39, 0.29) is 6.04 Å². The minimum atomic E-state index is 0.184. The van der Waals surface area contributed by atoms with Gasteiger partial charge in [-0.3, -0.25) is 9.69 Å². The average molecular weight is 400 g/mol. The number of methoxy groups -OCH3 is 1. The van der Waals surface area contributed by atoms with Crippen molar-refractivity contribution in [3.63, 3.8) is 0 Å². The highest BCUT2D eigenvalue weighted by atomic mass is 16.5. The maximum absolute atomic E-state index is 11.6. The van der Waals surface area contributed by atoms with Crippen LogP contribution in [-0.4, -0.2) is 73.0 Å². The Morgan fingerprint density at radius 2 is 2.03 bits per heavy atom. The van der Waals surface area contributed by atoms with Gasteiger partial charge in [0.15, 0.2) is 6.29 Å². The van der Waals surface area contributed by atoms with E-state index in [1.807, 2.05) is 6.08 Å². The first-order valence-corrected chi connectivity index (χ1v) is 11.1. The van der Waals surface area contributed by atoms with Crippen LogP contribution in [0.4, 0.5) is 0 Å². The van der Waals surface area contributed by atoms with E-state index in [0.29, 0.717) is 6.10 Å². The summed E-state index contributed by atoms with van der Waals surface area (Å²) in [7, 11) is 1.79. The maximum Gasteiger partial charge on any atom is 0.166 e. The van der Waals surface area contributed by atoms with Crippen molar-refractivity contribution < 1.29 is 9.53 Å². The predicted molar refractivity (Wildman–Crippen MR) is 118 cm³/mol.